The Morgan fingerprint density at radius 1 is 1.12 bits per heavy atom. The maximum Gasteiger partial charge on any atom is 0.00387 e. The van der Waals surface area contributed by atoms with Crippen LogP contribution >= 0.6 is 0 Å². The molecule has 0 unspecified atom stereocenters. The molecule has 0 spiro atoms. The summed E-state index contributed by atoms with van der Waals surface area (Å²) in [6.45, 7) is 14.3. The molecule has 16 heavy (non-hydrogen) atoms. The fourth-order valence-electron chi connectivity index (χ4n) is 2.38. The van der Waals surface area contributed by atoms with Gasteiger partial charge in [0.15, 0.2) is 0 Å². The molecular weight excluding hydrogens is 196 g/mol. The van der Waals surface area contributed by atoms with E-state index in [1.165, 1.54) is 45.4 Å². The summed E-state index contributed by atoms with van der Waals surface area (Å²) in [6.07, 6.45) is 4.07. The molecule has 1 aliphatic rings. The average Bonchev–Trinajstić information content (AvgIpc) is 2.25. The zero-order valence-electron chi connectivity index (χ0n) is 11.6. The highest BCUT2D eigenvalue weighted by molar-refractivity contribution is 4.74. The van der Waals surface area contributed by atoms with Crippen molar-refractivity contribution >= 4 is 0 Å². The van der Waals surface area contributed by atoms with Gasteiger partial charge in [-0.05, 0) is 64.6 Å². The van der Waals surface area contributed by atoms with Gasteiger partial charge in [0, 0.05) is 12.6 Å². The van der Waals surface area contributed by atoms with E-state index in [0.717, 1.165) is 11.8 Å². The van der Waals surface area contributed by atoms with Gasteiger partial charge >= 0.3 is 0 Å². The molecule has 96 valence electrons. The molecule has 1 N–H and O–H groups in total. The first-order chi connectivity index (χ1) is 7.59. The van der Waals surface area contributed by atoms with Gasteiger partial charge in [-0.15, -0.1) is 0 Å². The van der Waals surface area contributed by atoms with Crippen LogP contribution in [0.15, 0.2) is 0 Å². The van der Waals surface area contributed by atoms with E-state index in [1.807, 2.05) is 0 Å². The maximum absolute atomic E-state index is 3.45. The Kier molecular flexibility index (Phi) is 6.37. The van der Waals surface area contributed by atoms with Gasteiger partial charge in [-0.2, -0.15) is 0 Å². The Balaban J connectivity index is 2.31. The second kappa shape index (κ2) is 7.29. The van der Waals surface area contributed by atoms with E-state index in [0.29, 0.717) is 6.04 Å². The first-order valence-corrected chi connectivity index (χ1v) is 7.04. The minimum Gasteiger partial charge on any atom is -0.317 e. The summed E-state index contributed by atoms with van der Waals surface area (Å²) in [7, 11) is 0. The average molecular weight is 226 g/mol. The monoisotopic (exact) mass is 226 g/mol. The van der Waals surface area contributed by atoms with Crippen LogP contribution < -0.4 is 5.32 Å². The highest BCUT2D eigenvalue weighted by Gasteiger charge is 2.18. The molecule has 1 aliphatic heterocycles. The third-order valence-corrected chi connectivity index (χ3v) is 3.68. The van der Waals surface area contributed by atoms with E-state index in [2.05, 4.69) is 37.9 Å². The van der Waals surface area contributed by atoms with Crippen molar-refractivity contribution < 1.29 is 0 Å². The van der Waals surface area contributed by atoms with Crippen LogP contribution in [-0.4, -0.2) is 37.1 Å². The first-order valence-electron chi connectivity index (χ1n) is 7.04. The quantitative estimate of drug-likeness (QED) is 0.749. The maximum atomic E-state index is 3.45. The molecule has 0 bridgehead atoms. The third-order valence-electron chi connectivity index (χ3n) is 3.68. The normalized spacial score (nSPS) is 18.9. The fourth-order valence-corrected chi connectivity index (χ4v) is 2.38. The van der Waals surface area contributed by atoms with Crippen molar-refractivity contribution in [3.8, 4) is 0 Å². The van der Waals surface area contributed by atoms with Crippen molar-refractivity contribution in [2.75, 3.05) is 26.2 Å². The van der Waals surface area contributed by atoms with Gasteiger partial charge < -0.3 is 10.2 Å². The summed E-state index contributed by atoms with van der Waals surface area (Å²) in [5, 5.41) is 3.45. The van der Waals surface area contributed by atoms with Crippen molar-refractivity contribution in [1.82, 2.24) is 10.2 Å². The van der Waals surface area contributed by atoms with Crippen molar-refractivity contribution in [3.63, 3.8) is 0 Å². The molecule has 0 radical (unpaired) electrons. The zero-order valence-corrected chi connectivity index (χ0v) is 11.6. The fraction of sp³-hybridized carbons (Fsp3) is 1.00. The summed E-state index contributed by atoms with van der Waals surface area (Å²) >= 11 is 0. The lowest BCUT2D eigenvalue weighted by molar-refractivity contribution is 0.162. The molecule has 0 amide bonds. The van der Waals surface area contributed by atoms with E-state index >= 15 is 0 Å². The summed E-state index contributed by atoms with van der Waals surface area (Å²) < 4.78 is 0. The molecule has 1 saturated heterocycles. The van der Waals surface area contributed by atoms with Crippen molar-refractivity contribution in [2.45, 2.75) is 53.0 Å². The van der Waals surface area contributed by atoms with Crippen LogP contribution in [0.1, 0.15) is 47.0 Å². The van der Waals surface area contributed by atoms with E-state index in [1.54, 1.807) is 0 Å². The number of nitrogens with one attached hydrogen (secondary N) is 1. The topological polar surface area (TPSA) is 15.3 Å². The van der Waals surface area contributed by atoms with Crippen LogP contribution in [0, 0.1) is 11.8 Å². The van der Waals surface area contributed by atoms with Gasteiger partial charge in [0.1, 0.15) is 0 Å². The highest BCUT2D eigenvalue weighted by Crippen LogP contribution is 2.16. The molecule has 1 fully saturated rings. The third kappa shape index (κ3) is 5.31. The molecule has 0 saturated carbocycles. The summed E-state index contributed by atoms with van der Waals surface area (Å²) in [5.74, 6) is 1.75. The SMILES string of the molecule is CC(C)CCN(CC1CCNCC1)C(C)C. The lowest BCUT2D eigenvalue weighted by Crippen LogP contribution is -2.40. The van der Waals surface area contributed by atoms with Crippen LogP contribution in [0.4, 0.5) is 0 Å². The number of piperidine rings is 1. The van der Waals surface area contributed by atoms with Crippen LogP contribution in [0.25, 0.3) is 0 Å². The molecule has 2 heteroatoms. The standard InChI is InChI=1S/C14H30N2/c1-12(2)7-10-16(13(3)4)11-14-5-8-15-9-6-14/h12-15H,5-11H2,1-4H3. The lowest BCUT2D eigenvalue weighted by atomic mass is 9.96. The zero-order chi connectivity index (χ0) is 12.0. The summed E-state index contributed by atoms with van der Waals surface area (Å²) in [4.78, 5) is 2.68. The number of hydrogen-bond acceptors (Lipinski definition) is 2. The van der Waals surface area contributed by atoms with Crippen molar-refractivity contribution in [3.05, 3.63) is 0 Å². The summed E-state index contributed by atoms with van der Waals surface area (Å²) in [5.41, 5.74) is 0. The van der Waals surface area contributed by atoms with Gasteiger partial charge in [0.05, 0.1) is 0 Å². The minimum atomic E-state index is 0.702. The van der Waals surface area contributed by atoms with E-state index in [9.17, 15) is 0 Å². The van der Waals surface area contributed by atoms with Crippen LogP contribution in [-0.2, 0) is 0 Å². The van der Waals surface area contributed by atoms with Gasteiger partial charge in [0.25, 0.3) is 0 Å². The van der Waals surface area contributed by atoms with Crippen molar-refractivity contribution in [2.24, 2.45) is 11.8 Å². The van der Waals surface area contributed by atoms with E-state index in [-0.39, 0.29) is 0 Å². The molecule has 0 atom stereocenters. The molecule has 0 aromatic heterocycles. The minimum absolute atomic E-state index is 0.702. The number of hydrogen-bond donors (Lipinski definition) is 1. The predicted octanol–water partition coefficient (Wildman–Crippen LogP) is 2.74. The molecule has 0 aliphatic carbocycles. The lowest BCUT2D eigenvalue weighted by Gasteiger charge is -2.33. The Labute approximate surface area is 102 Å². The molecule has 1 rings (SSSR count). The first kappa shape index (κ1) is 14.0. The van der Waals surface area contributed by atoms with Gasteiger partial charge in [0.2, 0.25) is 0 Å². The van der Waals surface area contributed by atoms with E-state index < -0.39 is 0 Å². The van der Waals surface area contributed by atoms with Gasteiger partial charge in [-0.1, -0.05) is 13.8 Å². The molecule has 0 aromatic carbocycles. The predicted molar refractivity (Wildman–Crippen MR) is 71.8 cm³/mol. The summed E-state index contributed by atoms with van der Waals surface area (Å²) in [6, 6.07) is 0.702. The Morgan fingerprint density at radius 3 is 2.25 bits per heavy atom. The number of nitrogens with zero attached hydrogens (tertiary/aromatic N) is 1. The van der Waals surface area contributed by atoms with Gasteiger partial charge in [-0.3, -0.25) is 0 Å². The Bertz CT molecular complexity index is 172. The van der Waals surface area contributed by atoms with Crippen LogP contribution in [0.2, 0.25) is 0 Å². The molecular formula is C14H30N2. The van der Waals surface area contributed by atoms with Crippen LogP contribution in [0.3, 0.4) is 0 Å². The van der Waals surface area contributed by atoms with Crippen molar-refractivity contribution in [1.29, 1.82) is 0 Å². The Hall–Kier alpha value is -0.0800. The molecule has 1 heterocycles. The Morgan fingerprint density at radius 2 is 1.75 bits per heavy atom. The van der Waals surface area contributed by atoms with E-state index in [4.69, 9.17) is 0 Å². The second-order valence-corrected chi connectivity index (χ2v) is 5.96. The highest BCUT2D eigenvalue weighted by atomic mass is 15.1. The smallest absolute Gasteiger partial charge is 0.00387 e. The largest absolute Gasteiger partial charge is 0.317 e. The van der Waals surface area contributed by atoms with Crippen LogP contribution in [0.5, 0.6) is 0 Å². The van der Waals surface area contributed by atoms with Gasteiger partial charge in [-0.25, -0.2) is 0 Å². The second-order valence-electron chi connectivity index (χ2n) is 5.96. The number of rotatable bonds is 6. The molecule has 0 aromatic rings. The molecule has 2 nitrogen and oxygen atoms in total.